The molecule has 0 spiro atoms. The zero-order valence-electron chi connectivity index (χ0n) is 10.5. The number of aryl methyl sites for hydroxylation is 1. The lowest BCUT2D eigenvalue weighted by Crippen LogP contribution is -2.39. The number of amides is 2. The van der Waals surface area contributed by atoms with E-state index < -0.39 is 0 Å². The van der Waals surface area contributed by atoms with Gasteiger partial charge in [-0.25, -0.2) is 4.79 Å². The van der Waals surface area contributed by atoms with Crippen molar-refractivity contribution < 1.29 is 4.79 Å². The van der Waals surface area contributed by atoms with Crippen molar-refractivity contribution in [3.05, 3.63) is 11.3 Å². The summed E-state index contributed by atoms with van der Waals surface area (Å²) in [6.45, 7) is 3.88. The molecular weight excluding hydrogens is 216 g/mol. The zero-order valence-corrected chi connectivity index (χ0v) is 10.5. The number of aromatic amines is 1. The number of urea groups is 1. The summed E-state index contributed by atoms with van der Waals surface area (Å²) < 4.78 is 0. The Bertz CT molecular complexity index is 393. The summed E-state index contributed by atoms with van der Waals surface area (Å²) in [6, 6.07) is 0.176. The second kappa shape index (κ2) is 5.21. The third kappa shape index (κ3) is 2.99. The number of nitrogens with one attached hydrogen (secondary N) is 3. The molecule has 1 aromatic rings. The molecule has 5 nitrogen and oxygen atoms in total. The van der Waals surface area contributed by atoms with E-state index in [2.05, 4.69) is 20.8 Å². The maximum Gasteiger partial charge on any atom is 0.320 e. The SMILES string of the molecule is Cc1[nH]nc(NC(=O)NC2CCCCC2)c1C. The Hall–Kier alpha value is -1.52. The molecular formula is C12H20N4O. The summed E-state index contributed by atoms with van der Waals surface area (Å²) in [5, 5.41) is 12.7. The van der Waals surface area contributed by atoms with E-state index in [1.54, 1.807) is 0 Å². The van der Waals surface area contributed by atoms with Crippen molar-refractivity contribution >= 4 is 11.8 Å². The summed E-state index contributed by atoms with van der Waals surface area (Å²) >= 11 is 0. The number of carbonyl (C=O) groups excluding carboxylic acids is 1. The van der Waals surface area contributed by atoms with Gasteiger partial charge < -0.3 is 5.32 Å². The largest absolute Gasteiger partial charge is 0.335 e. The first-order valence-electron chi connectivity index (χ1n) is 6.26. The minimum absolute atomic E-state index is 0.147. The van der Waals surface area contributed by atoms with E-state index in [0.717, 1.165) is 24.1 Å². The highest BCUT2D eigenvalue weighted by molar-refractivity contribution is 5.89. The van der Waals surface area contributed by atoms with Crippen molar-refractivity contribution in [3.63, 3.8) is 0 Å². The molecule has 0 saturated heterocycles. The van der Waals surface area contributed by atoms with Crippen LogP contribution in [0.1, 0.15) is 43.4 Å². The topological polar surface area (TPSA) is 69.8 Å². The predicted molar refractivity (Wildman–Crippen MR) is 67.1 cm³/mol. The fraction of sp³-hybridized carbons (Fsp3) is 0.667. The second-order valence-electron chi connectivity index (χ2n) is 4.76. The molecule has 1 heterocycles. The molecule has 0 bridgehead atoms. The average molecular weight is 236 g/mol. The number of anilines is 1. The van der Waals surface area contributed by atoms with Crippen LogP contribution in [0, 0.1) is 13.8 Å². The number of nitrogens with zero attached hydrogens (tertiary/aromatic N) is 1. The van der Waals surface area contributed by atoms with Gasteiger partial charge in [-0.1, -0.05) is 19.3 Å². The molecule has 0 radical (unpaired) electrons. The maximum atomic E-state index is 11.8. The van der Waals surface area contributed by atoms with Crippen LogP contribution < -0.4 is 10.6 Å². The van der Waals surface area contributed by atoms with E-state index in [1.165, 1.54) is 19.3 Å². The van der Waals surface area contributed by atoms with Gasteiger partial charge in [0.2, 0.25) is 0 Å². The number of aromatic nitrogens is 2. The normalized spacial score (nSPS) is 16.8. The number of rotatable bonds is 2. The van der Waals surface area contributed by atoms with Crippen molar-refractivity contribution in [2.45, 2.75) is 52.0 Å². The highest BCUT2D eigenvalue weighted by Gasteiger charge is 2.16. The third-order valence-electron chi connectivity index (χ3n) is 3.43. The highest BCUT2D eigenvalue weighted by atomic mass is 16.2. The molecule has 1 aliphatic rings. The molecule has 0 unspecified atom stereocenters. The van der Waals surface area contributed by atoms with Gasteiger partial charge in [-0.3, -0.25) is 10.4 Å². The lowest BCUT2D eigenvalue weighted by atomic mass is 9.96. The highest BCUT2D eigenvalue weighted by Crippen LogP contribution is 2.18. The molecule has 3 N–H and O–H groups in total. The number of hydrogen-bond acceptors (Lipinski definition) is 2. The minimum Gasteiger partial charge on any atom is -0.335 e. The van der Waals surface area contributed by atoms with Gasteiger partial charge in [-0.2, -0.15) is 5.10 Å². The van der Waals surface area contributed by atoms with Gasteiger partial charge in [0, 0.05) is 17.3 Å². The Kier molecular flexibility index (Phi) is 3.66. The van der Waals surface area contributed by atoms with Crippen molar-refractivity contribution in [1.29, 1.82) is 0 Å². The molecule has 5 heteroatoms. The van der Waals surface area contributed by atoms with Crippen LogP contribution in [0.4, 0.5) is 10.6 Å². The number of hydrogen-bond donors (Lipinski definition) is 3. The van der Waals surface area contributed by atoms with Crippen LogP contribution in [0.25, 0.3) is 0 Å². The average Bonchev–Trinajstić information content (AvgIpc) is 2.62. The smallest absolute Gasteiger partial charge is 0.320 e. The number of H-pyrrole nitrogens is 1. The fourth-order valence-corrected chi connectivity index (χ4v) is 2.18. The Labute approximate surface area is 101 Å². The Morgan fingerprint density at radius 3 is 2.59 bits per heavy atom. The standard InChI is InChI=1S/C12H20N4O/c1-8-9(2)15-16-11(8)14-12(17)13-10-6-4-3-5-7-10/h10H,3-7H2,1-2H3,(H3,13,14,15,16,17). The van der Waals surface area contributed by atoms with Gasteiger partial charge in [0.25, 0.3) is 0 Å². The van der Waals surface area contributed by atoms with Gasteiger partial charge in [0.15, 0.2) is 5.82 Å². The molecule has 2 amide bonds. The lowest BCUT2D eigenvalue weighted by molar-refractivity contribution is 0.244. The van der Waals surface area contributed by atoms with E-state index in [0.29, 0.717) is 11.9 Å². The van der Waals surface area contributed by atoms with Gasteiger partial charge in [-0.05, 0) is 26.7 Å². The lowest BCUT2D eigenvalue weighted by Gasteiger charge is -2.22. The van der Waals surface area contributed by atoms with Crippen LogP contribution >= 0.6 is 0 Å². The minimum atomic E-state index is -0.147. The Balaban J connectivity index is 1.86. The first-order valence-corrected chi connectivity index (χ1v) is 6.26. The molecule has 1 aromatic heterocycles. The molecule has 0 aliphatic heterocycles. The van der Waals surface area contributed by atoms with Crippen LogP contribution in [0.3, 0.4) is 0 Å². The summed E-state index contributed by atoms with van der Waals surface area (Å²) in [5.74, 6) is 0.621. The van der Waals surface area contributed by atoms with E-state index in [1.807, 2.05) is 13.8 Å². The van der Waals surface area contributed by atoms with Crippen molar-refractivity contribution in [1.82, 2.24) is 15.5 Å². The predicted octanol–water partition coefficient (Wildman–Crippen LogP) is 2.48. The first kappa shape index (κ1) is 12.0. The van der Waals surface area contributed by atoms with Gasteiger partial charge in [-0.15, -0.1) is 0 Å². The van der Waals surface area contributed by atoms with Crippen molar-refractivity contribution in [2.24, 2.45) is 0 Å². The van der Waals surface area contributed by atoms with Gasteiger partial charge in [0.05, 0.1) is 0 Å². The van der Waals surface area contributed by atoms with Crippen LogP contribution in [0.5, 0.6) is 0 Å². The molecule has 94 valence electrons. The molecule has 1 aliphatic carbocycles. The van der Waals surface area contributed by atoms with Crippen LogP contribution in [-0.2, 0) is 0 Å². The molecule has 0 atom stereocenters. The summed E-state index contributed by atoms with van der Waals surface area (Å²) in [5.41, 5.74) is 1.97. The summed E-state index contributed by atoms with van der Waals surface area (Å²) in [7, 11) is 0. The molecule has 1 fully saturated rings. The Morgan fingerprint density at radius 1 is 1.29 bits per heavy atom. The fourth-order valence-electron chi connectivity index (χ4n) is 2.18. The van der Waals surface area contributed by atoms with Crippen molar-refractivity contribution in [2.75, 3.05) is 5.32 Å². The van der Waals surface area contributed by atoms with Crippen LogP contribution in [-0.4, -0.2) is 22.3 Å². The van der Waals surface area contributed by atoms with Crippen molar-refractivity contribution in [3.8, 4) is 0 Å². The summed E-state index contributed by atoms with van der Waals surface area (Å²) in [4.78, 5) is 11.8. The zero-order chi connectivity index (χ0) is 12.3. The van der Waals surface area contributed by atoms with E-state index in [-0.39, 0.29) is 6.03 Å². The van der Waals surface area contributed by atoms with Crippen LogP contribution in [0.2, 0.25) is 0 Å². The van der Waals surface area contributed by atoms with Gasteiger partial charge >= 0.3 is 6.03 Å². The molecule has 1 saturated carbocycles. The summed E-state index contributed by atoms with van der Waals surface area (Å²) in [6.07, 6.45) is 5.90. The monoisotopic (exact) mass is 236 g/mol. The second-order valence-corrected chi connectivity index (χ2v) is 4.76. The number of carbonyl (C=O) groups is 1. The molecule has 17 heavy (non-hydrogen) atoms. The quantitative estimate of drug-likeness (QED) is 0.738. The third-order valence-corrected chi connectivity index (χ3v) is 3.43. The van der Waals surface area contributed by atoms with E-state index in [9.17, 15) is 4.79 Å². The van der Waals surface area contributed by atoms with Gasteiger partial charge in [0.1, 0.15) is 0 Å². The molecule has 0 aromatic carbocycles. The Morgan fingerprint density at radius 2 is 2.00 bits per heavy atom. The maximum absolute atomic E-state index is 11.8. The first-order chi connectivity index (χ1) is 8.16. The van der Waals surface area contributed by atoms with Crippen LogP contribution in [0.15, 0.2) is 0 Å². The van der Waals surface area contributed by atoms with E-state index in [4.69, 9.17) is 0 Å². The van der Waals surface area contributed by atoms with E-state index >= 15 is 0 Å². The molecule has 2 rings (SSSR count).